The summed E-state index contributed by atoms with van der Waals surface area (Å²) < 4.78 is 10.3. The second kappa shape index (κ2) is 8.68. The van der Waals surface area contributed by atoms with Gasteiger partial charge in [-0.1, -0.05) is 62.4 Å². The molecule has 138 valence electrons. The van der Waals surface area contributed by atoms with Gasteiger partial charge in [0.1, 0.15) is 25.1 Å². The first kappa shape index (κ1) is 19.7. The van der Waals surface area contributed by atoms with Gasteiger partial charge in [0.2, 0.25) is 0 Å². The molecule has 2 aromatic carbocycles. The van der Waals surface area contributed by atoms with E-state index in [4.69, 9.17) is 9.47 Å². The molecule has 4 heteroatoms. The average molecular weight is 354 g/mol. The lowest BCUT2D eigenvalue weighted by atomic mass is 9.78. The molecular formula is C22H26O4. The molecule has 2 aromatic rings. The summed E-state index contributed by atoms with van der Waals surface area (Å²) >= 11 is 0. The van der Waals surface area contributed by atoms with Crippen LogP contribution in [0.4, 0.5) is 0 Å². The Balaban J connectivity index is 1.96. The van der Waals surface area contributed by atoms with Crippen LogP contribution < -0.4 is 4.74 Å². The number of esters is 1. The Morgan fingerprint density at radius 1 is 1.08 bits per heavy atom. The summed E-state index contributed by atoms with van der Waals surface area (Å²) in [6.45, 7) is 9.67. The van der Waals surface area contributed by atoms with Gasteiger partial charge in [0.15, 0.2) is 0 Å². The fourth-order valence-electron chi connectivity index (χ4n) is 2.58. The molecule has 0 aromatic heterocycles. The quantitative estimate of drug-likeness (QED) is 0.579. The van der Waals surface area contributed by atoms with Crippen LogP contribution in [-0.4, -0.2) is 30.4 Å². The zero-order chi connectivity index (χ0) is 19.2. The van der Waals surface area contributed by atoms with Gasteiger partial charge in [0, 0.05) is 11.5 Å². The van der Waals surface area contributed by atoms with Gasteiger partial charge in [-0.15, -0.1) is 0 Å². The Labute approximate surface area is 155 Å². The molecule has 1 N–H and O–H groups in total. The smallest absolute Gasteiger partial charge is 0.330 e. The van der Waals surface area contributed by atoms with Crippen molar-refractivity contribution in [3.63, 3.8) is 0 Å². The molecule has 0 amide bonds. The Morgan fingerprint density at radius 3 is 2.15 bits per heavy atom. The van der Waals surface area contributed by atoms with Gasteiger partial charge in [-0.2, -0.15) is 0 Å². The van der Waals surface area contributed by atoms with E-state index in [1.54, 1.807) is 0 Å². The van der Waals surface area contributed by atoms with Crippen molar-refractivity contribution in [1.82, 2.24) is 0 Å². The highest BCUT2D eigenvalue weighted by Gasteiger charge is 2.22. The SMILES string of the molecule is C=CC(=O)OCC(O)COc1ccc(C(C)(C)c2ccc(C)cc2)cc1. The molecule has 0 spiro atoms. The zero-order valence-corrected chi connectivity index (χ0v) is 15.6. The number of aliphatic hydroxyl groups excluding tert-OH is 1. The van der Waals surface area contributed by atoms with Gasteiger partial charge < -0.3 is 14.6 Å². The van der Waals surface area contributed by atoms with Crippen LogP contribution in [0.2, 0.25) is 0 Å². The van der Waals surface area contributed by atoms with Gasteiger partial charge in [-0.05, 0) is 30.2 Å². The van der Waals surface area contributed by atoms with Crippen LogP contribution in [0.3, 0.4) is 0 Å². The molecule has 26 heavy (non-hydrogen) atoms. The number of aliphatic hydroxyl groups is 1. The number of ether oxygens (including phenoxy) is 2. The lowest BCUT2D eigenvalue weighted by molar-refractivity contribution is -0.141. The predicted octanol–water partition coefficient (Wildman–Crippen LogP) is 3.79. The van der Waals surface area contributed by atoms with Crippen LogP contribution in [0.5, 0.6) is 5.75 Å². The van der Waals surface area contributed by atoms with E-state index in [0.717, 1.165) is 6.08 Å². The summed E-state index contributed by atoms with van der Waals surface area (Å²) in [6, 6.07) is 16.4. The second-order valence-electron chi connectivity index (χ2n) is 6.81. The van der Waals surface area contributed by atoms with E-state index in [-0.39, 0.29) is 18.6 Å². The molecule has 0 radical (unpaired) electrons. The molecule has 1 unspecified atom stereocenters. The maximum atomic E-state index is 11.0. The van der Waals surface area contributed by atoms with Crippen molar-refractivity contribution in [3.05, 3.63) is 77.9 Å². The Kier molecular flexibility index (Phi) is 6.58. The highest BCUT2D eigenvalue weighted by Crippen LogP contribution is 2.32. The first-order valence-electron chi connectivity index (χ1n) is 8.60. The number of rotatable bonds is 8. The fraction of sp³-hybridized carbons (Fsp3) is 0.318. The largest absolute Gasteiger partial charge is 0.491 e. The minimum Gasteiger partial charge on any atom is -0.491 e. The van der Waals surface area contributed by atoms with Crippen LogP contribution >= 0.6 is 0 Å². The van der Waals surface area contributed by atoms with Crippen molar-refractivity contribution in [1.29, 1.82) is 0 Å². The normalized spacial score (nSPS) is 12.3. The highest BCUT2D eigenvalue weighted by atomic mass is 16.5. The third-order valence-corrected chi connectivity index (χ3v) is 4.38. The Hall–Kier alpha value is -2.59. The summed E-state index contributed by atoms with van der Waals surface area (Å²) in [7, 11) is 0. The van der Waals surface area contributed by atoms with Crippen LogP contribution in [0.1, 0.15) is 30.5 Å². The van der Waals surface area contributed by atoms with Crippen molar-refractivity contribution >= 4 is 5.97 Å². The van der Waals surface area contributed by atoms with E-state index < -0.39 is 12.1 Å². The first-order chi connectivity index (χ1) is 12.3. The van der Waals surface area contributed by atoms with E-state index in [1.807, 2.05) is 24.3 Å². The monoisotopic (exact) mass is 354 g/mol. The van der Waals surface area contributed by atoms with Crippen molar-refractivity contribution in [2.75, 3.05) is 13.2 Å². The third-order valence-electron chi connectivity index (χ3n) is 4.38. The molecule has 0 saturated carbocycles. The maximum absolute atomic E-state index is 11.0. The molecule has 0 bridgehead atoms. The van der Waals surface area contributed by atoms with Crippen LogP contribution in [0.25, 0.3) is 0 Å². The lowest BCUT2D eigenvalue weighted by Gasteiger charge is -2.26. The van der Waals surface area contributed by atoms with Gasteiger partial charge in [0.05, 0.1) is 0 Å². The number of carbonyl (C=O) groups excluding carboxylic acids is 1. The summed E-state index contributed by atoms with van der Waals surface area (Å²) in [5.74, 6) is 0.0919. The summed E-state index contributed by atoms with van der Waals surface area (Å²) in [5, 5.41) is 9.77. The Bertz CT molecular complexity index is 730. The van der Waals surface area contributed by atoms with Crippen molar-refractivity contribution in [2.24, 2.45) is 0 Å². The highest BCUT2D eigenvalue weighted by molar-refractivity contribution is 5.81. The Morgan fingerprint density at radius 2 is 1.62 bits per heavy atom. The van der Waals surface area contributed by atoms with Crippen molar-refractivity contribution in [3.8, 4) is 5.75 Å². The number of carbonyl (C=O) groups is 1. The number of aryl methyl sites for hydroxylation is 1. The molecule has 0 aliphatic carbocycles. The summed E-state index contributed by atoms with van der Waals surface area (Å²) in [6.07, 6.45) is 0.171. The maximum Gasteiger partial charge on any atom is 0.330 e. The summed E-state index contributed by atoms with van der Waals surface area (Å²) in [4.78, 5) is 11.0. The molecule has 4 nitrogen and oxygen atoms in total. The molecular weight excluding hydrogens is 328 g/mol. The van der Waals surface area contributed by atoms with Crippen molar-refractivity contribution in [2.45, 2.75) is 32.3 Å². The van der Waals surface area contributed by atoms with E-state index in [2.05, 4.69) is 51.6 Å². The van der Waals surface area contributed by atoms with Gasteiger partial charge in [0.25, 0.3) is 0 Å². The van der Waals surface area contributed by atoms with Gasteiger partial charge in [-0.25, -0.2) is 4.79 Å². The molecule has 0 aliphatic rings. The number of hydrogen-bond acceptors (Lipinski definition) is 4. The molecule has 0 heterocycles. The van der Waals surface area contributed by atoms with Gasteiger partial charge >= 0.3 is 5.97 Å². The second-order valence-corrected chi connectivity index (χ2v) is 6.81. The molecule has 0 saturated heterocycles. The van der Waals surface area contributed by atoms with E-state index in [1.165, 1.54) is 16.7 Å². The minimum atomic E-state index is -0.887. The molecule has 2 rings (SSSR count). The predicted molar refractivity (Wildman–Crippen MR) is 102 cm³/mol. The lowest BCUT2D eigenvalue weighted by Crippen LogP contribution is -2.24. The standard InChI is InChI=1S/C22H26O4/c1-5-21(24)26-15-19(23)14-25-20-12-10-18(11-13-20)22(3,4)17-8-6-16(2)7-9-17/h5-13,19,23H,1,14-15H2,2-4H3. The minimum absolute atomic E-state index is 0.0468. The zero-order valence-electron chi connectivity index (χ0n) is 15.6. The van der Waals surface area contributed by atoms with Crippen LogP contribution in [-0.2, 0) is 14.9 Å². The van der Waals surface area contributed by atoms with Gasteiger partial charge in [-0.3, -0.25) is 0 Å². The van der Waals surface area contributed by atoms with Crippen molar-refractivity contribution < 1.29 is 19.4 Å². The summed E-state index contributed by atoms with van der Waals surface area (Å²) in [5.41, 5.74) is 3.54. The topological polar surface area (TPSA) is 55.8 Å². The fourth-order valence-corrected chi connectivity index (χ4v) is 2.58. The molecule has 0 fully saturated rings. The van der Waals surface area contributed by atoms with E-state index >= 15 is 0 Å². The first-order valence-corrected chi connectivity index (χ1v) is 8.60. The van der Waals surface area contributed by atoms with E-state index in [0.29, 0.717) is 5.75 Å². The van der Waals surface area contributed by atoms with Crippen LogP contribution in [0, 0.1) is 6.92 Å². The average Bonchev–Trinajstić information content (AvgIpc) is 2.65. The third kappa shape index (κ3) is 5.20. The van der Waals surface area contributed by atoms with Crippen LogP contribution in [0.15, 0.2) is 61.2 Å². The number of hydrogen-bond donors (Lipinski definition) is 1. The molecule has 1 atom stereocenters. The van der Waals surface area contributed by atoms with E-state index in [9.17, 15) is 9.90 Å². The number of benzene rings is 2. The molecule has 0 aliphatic heterocycles.